The maximum atomic E-state index is 12.0. The molecule has 1 unspecified atom stereocenters. The molecular weight excluding hydrogens is 340 g/mol. The van der Waals surface area contributed by atoms with E-state index in [0.717, 1.165) is 5.56 Å². The highest BCUT2D eigenvalue weighted by molar-refractivity contribution is 9.10. The Morgan fingerprint density at radius 1 is 1.43 bits per heavy atom. The summed E-state index contributed by atoms with van der Waals surface area (Å²) in [5.41, 5.74) is 1.04. The zero-order valence-corrected chi connectivity index (χ0v) is 12.6. The maximum absolute atomic E-state index is 12.0. The molecule has 0 radical (unpaired) electrons. The normalized spacial score (nSPS) is 11.7. The molecule has 0 bridgehead atoms. The van der Waals surface area contributed by atoms with Crippen molar-refractivity contribution in [2.45, 2.75) is 13.0 Å². The minimum Gasteiger partial charge on any atom is -0.478 e. The number of halogens is 1. The molecule has 2 rings (SSSR count). The van der Waals surface area contributed by atoms with Crippen LogP contribution in [-0.4, -0.2) is 27.3 Å². The van der Waals surface area contributed by atoms with Crippen LogP contribution in [0, 0.1) is 0 Å². The molecule has 21 heavy (non-hydrogen) atoms. The molecule has 1 atom stereocenters. The number of carbonyl (C=O) groups excluding carboxylic acids is 1. The van der Waals surface area contributed by atoms with Gasteiger partial charge in [0.1, 0.15) is 0 Å². The Morgan fingerprint density at radius 2 is 2.19 bits per heavy atom. The number of rotatable bonds is 4. The number of H-pyrrole nitrogens is 1. The molecule has 0 aliphatic heterocycles. The van der Waals surface area contributed by atoms with Crippen molar-refractivity contribution >= 4 is 33.6 Å². The smallest absolute Gasteiger partial charge is 0.337 e. The highest BCUT2D eigenvalue weighted by atomic mass is 79.9. The van der Waals surface area contributed by atoms with Crippen LogP contribution in [0.25, 0.3) is 0 Å². The highest BCUT2D eigenvalue weighted by Gasteiger charge is 2.16. The molecule has 1 aromatic carbocycles. The van der Waals surface area contributed by atoms with Gasteiger partial charge in [0.25, 0.3) is 0 Å². The highest BCUT2D eigenvalue weighted by Crippen LogP contribution is 2.26. The van der Waals surface area contributed by atoms with Crippen LogP contribution in [0.4, 0.5) is 10.5 Å². The van der Waals surface area contributed by atoms with Crippen molar-refractivity contribution in [2.24, 2.45) is 0 Å². The topological polar surface area (TPSA) is 107 Å². The van der Waals surface area contributed by atoms with Crippen LogP contribution in [0.1, 0.15) is 28.9 Å². The van der Waals surface area contributed by atoms with E-state index in [-0.39, 0.29) is 17.3 Å². The number of aromatic carboxylic acids is 1. The SMILES string of the molecule is CC(NC(=O)Nc1c(Br)cccc1C(=O)O)c1cn[nH]c1. The van der Waals surface area contributed by atoms with Crippen molar-refractivity contribution < 1.29 is 14.7 Å². The Hall–Kier alpha value is -2.35. The number of para-hydroxylation sites is 1. The first kappa shape index (κ1) is 15.0. The van der Waals surface area contributed by atoms with Gasteiger partial charge in [0.2, 0.25) is 0 Å². The molecule has 1 aromatic heterocycles. The molecule has 0 fully saturated rings. The number of amides is 2. The van der Waals surface area contributed by atoms with E-state index in [1.165, 1.54) is 6.07 Å². The summed E-state index contributed by atoms with van der Waals surface area (Å²) >= 11 is 3.23. The fraction of sp³-hybridized carbons (Fsp3) is 0.154. The summed E-state index contributed by atoms with van der Waals surface area (Å²) in [7, 11) is 0. The summed E-state index contributed by atoms with van der Waals surface area (Å²) in [5.74, 6) is -1.12. The molecule has 110 valence electrons. The number of carboxylic acids is 1. The number of aromatic amines is 1. The van der Waals surface area contributed by atoms with E-state index >= 15 is 0 Å². The van der Waals surface area contributed by atoms with E-state index in [0.29, 0.717) is 4.47 Å². The fourth-order valence-electron chi connectivity index (χ4n) is 1.76. The van der Waals surface area contributed by atoms with Gasteiger partial charge in [0.15, 0.2) is 0 Å². The number of anilines is 1. The Kier molecular flexibility index (Phi) is 4.59. The minimum atomic E-state index is -1.12. The fourth-order valence-corrected chi connectivity index (χ4v) is 2.22. The lowest BCUT2D eigenvalue weighted by Gasteiger charge is -2.15. The number of hydrogen-bond acceptors (Lipinski definition) is 3. The minimum absolute atomic E-state index is 0.00971. The molecule has 8 heteroatoms. The van der Waals surface area contributed by atoms with Crippen molar-refractivity contribution in [3.63, 3.8) is 0 Å². The largest absolute Gasteiger partial charge is 0.478 e. The van der Waals surface area contributed by atoms with Crippen LogP contribution in [0.15, 0.2) is 35.1 Å². The molecule has 2 amide bonds. The lowest BCUT2D eigenvalue weighted by Crippen LogP contribution is -2.31. The van der Waals surface area contributed by atoms with Gasteiger partial charge in [-0.15, -0.1) is 0 Å². The monoisotopic (exact) mass is 352 g/mol. The number of carboxylic acid groups (broad SMARTS) is 1. The third kappa shape index (κ3) is 3.60. The zero-order valence-electron chi connectivity index (χ0n) is 11.1. The predicted molar refractivity (Wildman–Crippen MR) is 80.3 cm³/mol. The van der Waals surface area contributed by atoms with Gasteiger partial charge in [-0.1, -0.05) is 6.07 Å². The van der Waals surface area contributed by atoms with Crippen molar-refractivity contribution in [3.8, 4) is 0 Å². The van der Waals surface area contributed by atoms with Crippen LogP contribution in [-0.2, 0) is 0 Å². The average Bonchev–Trinajstić information content (AvgIpc) is 2.94. The van der Waals surface area contributed by atoms with Crippen LogP contribution in [0.3, 0.4) is 0 Å². The summed E-state index contributed by atoms with van der Waals surface area (Å²) in [6.45, 7) is 1.79. The first-order chi connectivity index (χ1) is 9.99. The number of nitrogens with zero attached hydrogens (tertiary/aromatic N) is 1. The van der Waals surface area contributed by atoms with Gasteiger partial charge in [-0.05, 0) is 35.0 Å². The maximum Gasteiger partial charge on any atom is 0.337 e. The van der Waals surface area contributed by atoms with Crippen molar-refractivity contribution in [1.29, 1.82) is 0 Å². The first-order valence-corrected chi connectivity index (χ1v) is 6.86. The molecule has 0 aliphatic carbocycles. The summed E-state index contributed by atoms with van der Waals surface area (Å²) in [6.07, 6.45) is 3.28. The summed E-state index contributed by atoms with van der Waals surface area (Å²) in [6, 6.07) is 3.90. The van der Waals surface area contributed by atoms with Gasteiger partial charge in [-0.3, -0.25) is 5.10 Å². The predicted octanol–water partition coefficient (Wildman–Crippen LogP) is 2.75. The number of aromatic nitrogens is 2. The molecule has 0 spiro atoms. The molecule has 2 aromatic rings. The lowest BCUT2D eigenvalue weighted by atomic mass is 10.2. The number of urea groups is 1. The zero-order chi connectivity index (χ0) is 15.4. The van der Waals surface area contributed by atoms with Crippen LogP contribution >= 0.6 is 15.9 Å². The molecule has 0 aliphatic rings. The van der Waals surface area contributed by atoms with Gasteiger partial charge in [0, 0.05) is 16.2 Å². The van der Waals surface area contributed by atoms with Crippen LogP contribution in [0.2, 0.25) is 0 Å². The number of carbonyl (C=O) groups is 2. The Labute approximate surface area is 128 Å². The van der Waals surface area contributed by atoms with Crippen molar-refractivity contribution in [1.82, 2.24) is 15.5 Å². The van der Waals surface area contributed by atoms with Crippen molar-refractivity contribution in [2.75, 3.05) is 5.32 Å². The first-order valence-electron chi connectivity index (χ1n) is 6.07. The van der Waals surface area contributed by atoms with Gasteiger partial charge in [0.05, 0.1) is 23.5 Å². The van der Waals surface area contributed by atoms with E-state index in [1.807, 2.05) is 0 Å². The van der Waals surface area contributed by atoms with Gasteiger partial charge in [-0.25, -0.2) is 9.59 Å². The molecular formula is C13H13BrN4O3. The van der Waals surface area contributed by atoms with Crippen molar-refractivity contribution in [3.05, 3.63) is 46.2 Å². The standard InChI is InChI=1S/C13H13BrN4O3/c1-7(8-5-15-16-6-8)17-13(21)18-11-9(12(19)20)3-2-4-10(11)14/h2-7H,1H3,(H,15,16)(H,19,20)(H2,17,18,21). The number of nitrogens with one attached hydrogen (secondary N) is 3. The Morgan fingerprint density at radius 3 is 2.81 bits per heavy atom. The summed E-state index contributed by atoms with van der Waals surface area (Å²) in [5, 5.41) is 20.8. The second-order valence-corrected chi connectivity index (χ2v) is 5.17. The summed E-state index contributed by atoms with van der Waals surface area (Å²) in [4.78, 5) is 23.1. The van der Waals surface area contributed by atoms with Gasteiger partial charge >= 0.3 is 12.0 Å². The second-order valence-electron chi connectivity index (χ2n) is 4.32. The Bertz CT molecular complexity index is 657. The van der Waals surface area contributed by atoms with E-state index in [1.54, 1.807) is 31.5 Å². The van der Waals surface area contributed by atoms with Gasteiger partial charge < -0.3 is 15.7 Å². The Balaban J connectivity index is 2.11. The van der Waals surface area contributed by atoms with Crippen LogP contribution in [0.5, 0.6) is 0 Å². The molecule has 7 nitrogen and oxygen atoms in total. The quantitative estimate of drug-likeness (QED) is 0.678. The van der Waals surface area contributed by atoms with E-state index in [4.69, 9.17) is 5.11 Å². The lowest BCUT2D eigenvalue weighted by molar-refractivity contribution is 0.0698. The summed E-state index contributed by atoms with van der Waals surface area (Å²) < 4.78 is 0.494. The second kappa shape index (κ2) is 6.40. The molecule has 1 heterocycles. The molecule has 0 saturated carbocycles. The van der Waals surface area contributed by atoms with E-state index < -0.39 is 12.0 Å². The van der Waals surface area contributed by atoms with E-state index in [9.17, 15) is 9.59 Å². The molecule has 4 N–H and O–H groups in total. The van der Waals surface area contributed by atoms with E-state index in [2.05, 4.69) is 36.8 Å². The number of hydrogen-bond donors (Lipinski definition) is 4. The average molecular weight is 353 g/mol. The number of benzene rings is 1. The third-order valence-electron chi connectivity index (χ3n) is 2.85. The van der Waals surface area contributed by atoms with Crippen LogP contribution < -0.4 is 10.6 Å². The third-order valence-corrected chi connectivity index (χ3v) is 3.51. The van der Waals surface area contributed by atoms with Gasteiger partial charge in [-0.2, -0.15) is 5.10 Å². The molecule has 0 saturated heterocycles.